The molecule has 0 atom stereocenters. The van der Waals surface area contributed by atoms with E-state index < -0.39 is 0 Å². The summed E-state index contributed by atoms with van der Waals surface area (Å²) in [5, 5.41) is 14.3. The van der Waals surface area contributed by atoms with Gasteiger partial charge in [-0.25, -0.2) is 4.79 Å². The number of carbonyl (C=O) groups excluding carboxylic acids is 1. The van der Waals surface area contributed by atoms with Crippen molar-refractivity contribution in [2.45, 2.75) is 13.3 Å². The highest BCUT2D eigenvalue weighted by Crippen LogP contribution is 2.22. The van der Waals surface area contributed by atoms with E-state index in [4.69, 9.17) is 16.9 Å². The maximum absolute atomic E-state index is 11.3. The quantitative estimate of drug-likeness (QED) is 0.849. The lowest BCUT2D eigenvalue weighted by molar-refractivity contribution is 0.252. The second-order valence-corrected chi connectivity index (χ2v) is 3.59. The largest absolute Gasteiger partial charge is 0.338 e. The van der Waals surface area contributed by atoms with Gasteiger partial charge in [0.25, 0.3) is 0 Å². The van der Waals surface area contributed by atoms with E-state index in [0.29, 0.717) is 22.8 Å². The Morgan fingerprint density at radius 3 is 2.88 bits per heavy atom. The fourth-order valence-electron chi connectivity index (χ4n) is 1.09. The minimum Gasteiger partial charge on any atom is -0.338 e. The van der Waals surface area contributed by atoms with Crippen LogP contribution in [0.3, 0.4) is 0 Å². The normalized spacial score (nSPS) is 9.31. The van der Waals surface area contributed by atoms with Crippen molar-refractivity contribution in [3.05, 3.63) is 28.8 Å². The van der Waals surface area contributed by atoms with Crippen LogP contribution in [0.25, 0.3) is 0 Å². The molecule has 0 saturated carbocycles. The Bertz CT molecular complexity index is 426. The standard InChI is InChI=1S/C11H12ClN3O/c1-2-5-14-11(16)15-10-4-3-8(7-13)6-9(10)12/h3-4,6H,2,5H2,1H3,(H2,14,15,16). The highest BCUT2D eigenvalue weighted by atomic mass is 35.5. The van der Waals surface area contributed by atoms with Gasteiger partial charge in [-0.15, -0.1) is 0 Å². The van der Waals surface area contributed by atoms with Gasteiger partial charge in [-0.1, -0.05) is 18.5 Å². The van der Waals surface area contributed by atoms with Gasteiger partial charge in [0.1, 0.15) is 0 Å². The molecule has 0 fully saturated rings. The average molecular weight is 238 g/mol. The smallest absolute Gasteiger partial charge is 0.319 e. The van der Waals surface area contributed by atoms with Gasteiger partial charge in [0.15, 0.2) is 0 Å². The highest BCUT2D eigenvalue weighted by molar-refractivity contribution is 6.33. The molecule has 0 bridgehead atoms. The van der Waals surface area contributed by atoms with E-state index in [1.165, 1.54) is 6.07 Å². The molecule has 0 spiro atoms. The zero-order chi connectivity index (χ0) is 12.0. The second kappa shape index (κ2) is 5.99. The number of hydrogen-bond donors (Lipinski definition) is 2. The van der Waals surface area contributed by atoms with Gasteiger partial charge in [0.05, 0.1) is 22.3 Å². The topological polar surface area (TPSA) is 64.9 Å². The van der Waals surface area contributed by atoms with Crippen molar-refractivity contribution in [1.29, 1.82) is 5.26 Å². The van der Waals surface area contributed by atoms with Crippen LogP contribution >= 0.6 is 11.6 Å². The first kappa shape index (κ1) is 12.3. The lowest BCUT2D eigenvalue weighted by Crippen LogP contribution is -2.29. The number of nitriles is 1. The summed E-state index contributed by atoms with van der Waals surface area (Å²) in [6.45, 7) is 2.58. The second-order valence-electron chi connectivity index (χ2n) is 3.19. The van der Waals surface area contributed by atoms with Gasteiger partial charge in [0.2, 0.25) is 0 Å². The van der Waals surface area contributed by atoms with Crippen LogP contribution in [0, 0.1) is 11.3 Å². The van der Waals surface area contributed by atoms with Gasteiger partial charge < -0.3 is 10.6 Å². The molecule has 0 heterocycles. The van der Waals surface area contributed by atoms with Crippen molar-refractivity contribution in [3.8, 4) is 6.07 Å². The van der Waals surface area contributed by atoms with E-state index in [9.17, 15) is 4.79 Å². The fraction of sp³-hybridized carbons (Fsp3) is 0.273. The molecule has 2 amide bonds. The van der Waals surface area contributed by atoms with Gasteiger partial charge in [0, 0.05) is 6.54 Å². The summed E-state index contributed by atoms with van der Waals surface area (Å²) >= 11 is 5.89. The predicted octanol–water partition coefficient (Wildman–Crippen LogP) is 2.74. The van der Waals surface area contributed by atoms with Crippen LogP contribution in [0.5, 0.6) is 0 Å². The molecule has 0 aromatic heterocycles. The van der Waals surface area contributed by atoms with Crippen LogP contribution in [-0.4, -0.2) is 12.6 Å². The summed E-state index contributed by atoms with van der Waals surface area (Å²) in [7, 11) is 0. The van der Waals surface area contributed by atoms with Crippen LogP contribution in [0.4, 0.5) is 10.5 Å². The molecule has 0 aliphatic rings. The Kier molecular flexibility index (Phi) is 4.62. The molecule has 0 unspecified atom stereocenters. The van der Waals surface area contributed by atoms with Gasteiger partial charge in [-0.3, -0.25) is 0 Å². The molecular weight excluding hydrogens is 226 g/mol. The highest BCUT2D eigenvalue weighted by Gasteiger charge is 2.05. The van der Waals surface area contributed by atoms with E-state index in [0.717, 1.165) is 6.42 Å². The molecule has 84 valence electrons. The molecule has 0 aliphatic heterocycles. The van der Waals surface area contributed by atoms with Crippen LogP contribution in [0.15, 0.2) is 18.2 Å². The molecule has 1 aromatic rings. The summed E-state index contributed by atoms with van der Waals surface area (Å²) in [4.78, 5) is 11.3. The number of nitrogens with one attached hydrogen (secondary N) is 2. The van der Waals surface area contributed by atoms with Gasteiger partial charge in [-0.2, -0.15) is 5.26 Å². The molecule has 1 aromatic carbocycles. The minimum atomic E-state index is -0.298. The third-order valence-corrected chi connectivity index (χ3v) is 2.19. The summed E-state index contributed by atoms with van der Waals surface area (Å²) in [5.74, 6) is 0. The number of nitrogens with zero attached hydrogens (tertiary/aromatic N) is 1. The summed E-state index contributed by atoms with van der Waals surface area (Å²) in [6, 6.07) is 6.39. The van der Waals surface area contributed by atoms with E-state index in [2.05, 4.69) is 10.6 Å². The average Bonchev–Trinajstić information content (AvgIpc) is 2.29. The summed E-state index contributed by atoms with van der Waals surface area (Å²) in [5.41, 5.74) is 0.957. The van der Waals surface area contributed by atoms with Crippen molar-refractivity contribution < 1.29 is 4.79 Å². The van der Waals surface area contributed by atoms with E-state index >= 15 is 0 Å². The maximum atomic E-state index is 11.3. The lowest BCUT2D eigenvalue weighted by atomic mass is 10.2. The van der Waals surface area contributed by atoms with Crippen LogP contribution in [0.1, 0.15) is 18.9 Å². The Balaban J connectivity index is 2.68. The molecule has 0 radical (unpaired) electrons. The number of halogens is 1. The van der Waals surface area contributed by atoms with Gasteiger partial charge >= 0.3 is 6.03 Å². The lowest BCUT2D eigenvalue weighted by Gasteiger charge is -2.08. The van der Waals surface area contributed by atoms with E-state index in [-0.39, 0.29) is 6.03 Å². The zero-order valence-electron chi connectivity index (χ0n) is 8.88. The van der Waals surface area contributed by atoms with Crippen molar-refractivity contribution in [1.82, 2.24) is 5.32 Å². The monoisotopic (exact) mass is 237 g/mol. The number of amides is 2. The van der Waals surface area contributed by atoms with E-state index in [1.54, 1.807) is 12.1 Å². The number of hydrogen-bond acceptors (Lipinski definition) is 2. The van der Waals surface area contributed by atoms with Crippen LogP contribution in [-0.2, 0) is 0 Å². The van der Waals surface area contributed by atoms with Crippen molar-refractivity contribution >= 4 is 23.3 Å². The van der Waals surface area contributed by atoms with Crippen molar-refractivity contribution in [3.63, 3.8) is 0 Å². The first-order valence-corrected chi connectivity index (χ1v) is 5.29. The third-order valence-electron chi connectivity index (χ3n) is 1.88. The zero-order valence-corrected chi connectivity index (χ0v) is 9.64. The molecule has 0 saturated heterocycles. The Morgan fingerprint density at radius 1 is 1.56 bits per heavy atom. The Labute approximate surface area is 99.2 Å². The first-order valence-electron chi connectivity index (χ1n) is 4.92. The summed E-state index contributed by atoms with van der Waals surface area (Å²) in [6.07, 6.45) is 0.870. The number of urea groups is 1. The van der Waals surface area contributed by atoms with Gasteiger partial charge in [-0.05, 0) is 24.6 Å². The maximum Gasteiger partial charge on any atom is 0.319 e. The molecule has 0 aliphatic carbocycles. The van der Waals surface area contributed by atoms with Crippen LogP contribution < -0.4 is 10.6 Å². The molecule has 4 nitrogen and oxygen atoms in total. The van der Waals surface area contributed by atoms with Crippen molar-refractivity contribution in [2.24, 2.45) is 0 Å². The number of benzene rings is 1. The Morgan fingerprint density at radius 2 is 2.31 bits per heavy atom. The minimum absolute atomic E-state index is 0.298. The number of carbonyl (C=O) groups is 1. The molecule has 1 rings (SSSR count). The third kappa shape index (κ3) is 3.44. The predicted molar refractivity (Wildman–Crippen MR) is 63.5 cm³/mol. The molecule has 16 heavy (non-hydrogen) atoms. The first-order chi connectivity index (χ1) is 7.67. The van der Waals surface area contributed by atoms with Crippen LogP contribution in [0.2, 0.25) is 5.02 Å². The van der Waals surface area contributed by atoms with Crippen molar-refractivity contribution in [2.75, 3.05) is 11.9 Å². The fourth-order valence-corrected chi connectivity index (χ4v) is 1.32. The SMILES string of the molecule is CCCNC(=O)Nc1ccc(C#N)cc1Cl. The number of rotatable bonds is 3. The summed E-state index contributed by atoms with van der Waals surface area (Å²) < 4.78 is 0. The van der Waals surface area contributed by atoms with E-state index in [1.807, 2.05) is 13.0 Å². The molecule has 2 N–H and O–H groups in total. The molecular formula is C11H12ClN3O. The molecule has 5 heteroatoms. The Hall–Kier alpha value is -1.73. The number of anilines is 1.